The molecule has 45 heavy (non-hydrogen) atoms. The first-order valence-electron chi connectivity index (χ1n) is 14.4. The molecule has 0 bridgehead atoms. The first-order valence-corrected chi connectivity index (χ1v) is 17.4. The number of nitrogens with one attached hydrogen (secondary N) is 3. The minimum absolute atomic E-state index is 0.0429. The van der Waals surface area contributed by atoms with Gasteiger partial charge in [-0.1, -0.05) is 18.2 Å². The van der Waals surface area contributed by atoms with Crippen molar-refractivity contribution in [3.05, 3.63) is 70.6 Å². The number of anilines is 1. The van der Waals surface area contributed by atoms with Crippen molar-refractivity contribution < 1.29 is 51.6 Å². The first kappa shape index (κ1) is 34.5. The molecule has 0 saturated heterocycles. The number of benzene rings is 3. The van der Waals surface area contributed by atoms with E-state index < -0.39 is 22.3 Å². The van der Waals surface area contributed by atoms with Gasteiger partial charge in [-0.25, -0.2) is 14.1 Å². The third-order valence-corrected chi connectivity index (χ3v) is 9.00. The fraction of sp³-hybridized carbons (Fsp3) is 0.333. The summed E-state index contributed by atoms with van der Waals surface area (Å²) in [7, 11) is -10.1. The molecule has 4 rings (SSSR count). The maximum absolute atomic E-state index is 13.5. The van der Waals surface area contributed by atoms with Gasteiger partial charge in [-0.15, -0.1) is 0 Å². The van der Waals surface area contributed by atoms with Crippen molar-refractivity contribution in [1.82, 2.24) is 5.32 Å². The Morgan fingerprint density at radius 3 is 2.42 bits per heavy atom. The molecule has 1 amide bonds. The van der Waals surface area contributed by atoms with Crippen molar-refractivity contribution in [1.29, 1.82) is 0 Å². The average molecular weight is 663 g/mol. The van der Waals surface area contributed by atoms with Gasteiger partial charge in [-0.2, -0.15) is 4.31 Å². The van der Waals surface area contributed by atoms with Crippen LogP contribution in [0.4, 0.5) is 5.69 Å². The summed E-state index contributed by atoms with van der Waals surface area (Å²) in [6.45, 7) is 9.13. The molecule has 2 aliphatic rings. The van der Waals surface area contributed by atoms with Crippen LogP contribution in [0.1, 0.15) is 35.3 Å². The molecule has 15 heteroatoms. The van der Waals surface area contributed by atoms with Crippen LogP contribution in [0, 0.1) is 13.8 Å². The van der Waals surface area contributed by atoms with Crippen molar-refractivity contribution in [3.63, 3.8) is 0 Å². The van der Waals surface area contributed by atoms with E-state index in [1.807, 2.05) is 52.0 Å². The molecule has 0 spiro atoms. The molecule has 0 aromatic heterocycles. The topological polar surface area (TPSA) is 191 Å². The minimum atomic E-state index is -5.20. The monoisotopic (exact) mass is 662 g/mol. The lowest BCUT2D eigenvalue weighted by molar-refractivity contribution is -0.496. The van der Waals surface area contributed by atoms with Gasteiger partial charge in [0.25, 0.3) is 5.91 Å². The van der Waals surface area contributed by atoms with Crippen molar-refractivity contribution in [3.8, 4) is 22.5 Å². The SMILES string of the molecule is CCNc1cc2oc3cc(=[NH+]CC)c(C)cc-3c(-c3ccccc3C(=O)NCCOCCOP(=O)(O)OP(=O)(O)O)c2cc1C. The van der Waals surface area contributed by atoms with Gasteiger partial charge in [-0.3, -0.25) is 9.32 Å². The molecular weight excluding hydrogens is 624 g/mol. The highest BCUT2D eigenvalue weighted by Gasteiger charge is 2.32. The second-order valence-electron chi connectivity index (χ2n) is 10.2. The lowest BCUT2D eigenvalue weighted by Gasteiger charge is -2.19. The number of rotatable bonds is 14. The summed E-state index contributed by atoms with van der Waals surface area (Å²) < 4.78 is 42.2. The van der Waals surface area contributed by atoms with Gasteiger partial charge in [0.15, 0.2) is 0 Å². The molecule has 242 valence electrons. The summed E-state index contributed by atoms with van der Waals surface area (Å²) in [5.41, 5.74) is 6.63. The highest BCUT2D eigenvalue weighted by Crippen LogP contribution is 2.57. The molecule has 1 heterocycles. The molecule has 13 nitrogen and oxygen atoms in total. The standard InChI is InChI=1S/C30H37N3O10P2/c1-5-31-25-17-27-23(15-19(25)3)29(24-16-20(4)26(32-6-2)18-28(24)42-27)21-9-7-8-10-22(21)30(34)33-11-12-40-13-14-41-45(38,39)43-44(35,36)37/h7-10,15-18,31H,5-6,11-14H2,1-4H3,(H,33,34)(H,38,39)(H2,35,36,37)/p+1. The van der Waals surface area contributed by atoms with Crippen LogP contribution >= 0.6 is 15.6 Å². The number of phosphoric ester groups is 1. The molecule has 6 N–H and O–H groups in total. The number of ether oxygens (including phenoxy) is 1. The van der Waals surface area contributed by atoms with Crippen LogP contribution in [-0.4, -0.2) is 60.0 Å². The summed E-state index contributed by atoms with van der Waals surface area (Å²) in [5, 5.41) is 8.05. The molecular formula is C30H38N3O10P2+. The minimum Gasteiger partial charge on any atom is -0.456 e. The molecule has 2 aromatic carbocycles. The lowest BCUT2D eigenvalue weighted by atomic mass is 9.89. The highest BCUT2D eigenvalue weighted by molar-refractivity contribution is 7.60. The Balaban J connectivity index is 1.61. The van der Waals surface area contributed by atoms with Crippen LogP contribution in [-0.2, 0) is 22.7 Å². The van der Waals surface area contributed by atoms with Gasteiger partial charge >= 0.3 is 15.6 Å². The van der Waals surface area contributed by atoms with Crippen LogP contribution in [0.3, 0.4) is 0 Å². The quantitative estimate of drug-likeness (QED) is 0.0660. The Hall–Kier alpha value is -3.38. The zero-order chi connectivity index (χ0) is 32.8. The maximum atomic E-state index is 13.5. The van der Waals surface area contributed by atoms with Gasteiger partial charge in [0.2, 0.25) is 5.36 Å². The fourth-order valence-corrected chi connectivity index (χ4v) is 6.52. The number of aryl methyl sites for hydroxylation is 2. The summed E-state index contributed by atoms with van der Waals surface area (Å²) in [5.74, 6) is 0.347. The molecule has 2 aromatic rings. The van der Waals surface area contributed by atoms with Crippen molar-refractivity contribution in [2.75, 3.05) is 44.8 Å². The number of amides is 1. The third-order valence-electron chi connectivity index (χ3n) is 6.81. The van der Waals surface area contributed by atoms with E-state index in [1.165, 1.54) is 0 Å². The Labute approximate surface area is 260 Å². The summed E-state index contributed by atoms with van der Waals surface area (Å²) in [4.78, 5) is 43.5. The van der Waals surface area contributed by atoms with E-state index in [4.69, 9.17) is 18.9 Å². The van der Waals surface area contributed by atoms with Crippen molar-refractivity contribution >= 4 is 38.2 Å². The normalized spacial score (nSPS) is 13.7. The molecule has 1 atom stereocenters. The zero-order valence-electron chi connectivity index (χ0n) is 25.5. The molecule has 0 saturated carbocycles. The van der Waals surface area contributed by atoms with E-state index in [9.17, 15) is 18.8 Å². The van der Waals surface area contributed by atoms with Crippen LogP contribution in [0.25, 0.3) is 33.4 Å². The van der Waals surface area contributed by atoms with Gasteiger partial charge in [0.05, 0.1) is 25.9 Å². The Kier molecular flexibility index (Phi) is 11.4. The Morgan fingerprint density at radius 2 is 1.71 bits per heavy atom. The number of hydrogen-bond acceptors (Lipinski definition) is 8. The van der Waals surface area contributed by atoms with E-state index in [0.29, 0.717) is 16.9 Å². The predicted octanol–water partition coefficient (Wildman–Crippen LogP) is 3.23. The third kappa shape index (κ3) is 8.88. The fourth-order valence-electron chi connectivity index (χ4n) is 4.95. The largest absolute Gasteiger partial charge is 0.481 e. The van der Waals surface area contributed by atoms with Crippen molar-refractivity contribution in [2.24, 2.45) is 0 Å². The molecule has 1 unspecified atom stereocenters. The van der Waals surface area contributed by atoms with E-state index in [1.54, 1.807) is 12.1 Å². The van der Waals surface area contributed by atoms with Gasteiger partial charge < -0.3 is 34.5 Å². The van der Waals surface area contributed by atoms with E-state index in [2.05, 4.69) is 36.6 Å². The second kappa shape index (κ2) is 14.8. The number of carbonyl (C=O) groups excluding carboxylic acids is 1. The van der Waals surface area contributed by atoms with E-state index in [-0.39, 0.29) is 25.7 Å². The van der Waals surface area contributed by atoms with Crippen LogP contribution in [0.15, 0.2) is 52.9 Å². The summed E-state index contributed by atoms with van der Waals surface area (Å²) in [6, 6.07) is 15.4. The van der Waals surface area contributed by atoms with Crippen LogP contribution in [0.5, 0.6) is 0 Å². The maximum Gasteiger partial charge on any atom is 0.481 e. The first-order chi connectivity index (χ1) is 21.3. The van der Waals surface area contributed by atoms with Gasteiger partial charge in [-0.05, 0) is 57.0 Å². The van der Waals surface area contributed by atoms with Gasteiger partial charge in [0.1, 0.15) is 17.9 Å². The number of hydrogen-bond donors (Lipinski definition) is 6. The predicted molar refractivity (Wildman–Crippen MR) is 169 cm³/mol. The highest BCUT2D eigenvalue weighted by atomic mass is 31.3. The smallest absolute Gasteiger partial charge is 0.456 e. The Bertz CT molecular complexity index is 1820. The van der Waals surface area contributed by atoms with Gasteiger partial charge in [0, 0.05) is 52.5 Å². The molecule has 0 fully saturated rings. The average Bonchev–Trinajstić information content (AvgIpc) is 2.96. The van der Waals surface area contributed by atoms with Crippen molar-refractivity contribution in [2.45, 2.75) is 27.7 Å². The van der Waals surface area contributed by atoms with Crippen LogP contribution < -0.4 is 21.0 Å². The van der Waals surface area contributed by atoms with Crippen LogP contribution in [0.2, 0.25) is 0 Å². The van der Waals surface area contributed by atoms with E-state index in [0.717, 1.165) is 57.3 Å². The van der Waals surface area contributed by atoms with E-state index >= 15 is 0 Å². The second-order valence-corrected chi connectivity index (χ2v) is 13.0. The molecule has 1 aliphatic heterocycles. The molecule has 0 radical (unpaired) electrons. The summed E-state index contributed by atoms with van der Waals surface area (Å²) in [6.07, 6.45) is 0. The molecule has 1 aliphatic carbocycles. The number of carbonyl (C=O) groups is 1. The number of phosphoric acid groups is 2. The Morgan fingerprint density at radius 1 is 0.956 bits per heavy atom. The summed E-state index contributed by atoms with van der Waals surface area (Å²) >= 11 is 0. The zero-order valence-corrected chi connectivity index (χ0v) is 27.2. The lowest BCUT2D eigenvalue weighted by Crippen LogP contribution is -2.76. The number of fused-ring (bicyclic) bond motifs is 2.